The van der Waals surface area contributed by atoms with Crippen LogP contribution in [0.25, 0.3) is 10.9 Å². The molecule has 1 aromatic carbocycles. The van der Waals surface area contributed by atoms with Gasteiger partial charge in [0.25, 0.3) is 5.91 Å². The number of thioether (sulfide) groups is 1. The summed E-state index contributed by atoms with van der Waals surface area (Å²) in [5, 5.41) is 16.0. The maximum Gasteiger partial charge on any atom is 0.271 e. The Hall–Kier alpha value is -2.85. The number of likely N-dealkylation sites (tertiary alicyclic amines) is 1. The van der Waals surface area contributed by atoms with Gasteiger partial charge in [-0.1, -0.05) is 12.5 Å². The number of aromatic amines is 1. The highest BCUT2D eigenvalue weighted by Crippen LogP contribution is 2.43. The van der Waals surface area contributed by atoms with Gasteiger partial charge in [-0.25, -0.2) is 0 Å². The molecule has 1 saturated carbocycles. The summed E-state index contributed by atoms with van der Waals surface area (Å²) in [5.74, 6) is -1.40. The van der Waals surface area contributed by atoms with Crippen LogP contribution in [-0.2, 0) is 14.4 Å². The van der Waals surface area contributed by atoms with Crippen LogP contribution in [0.4, 0.5) is 0 Å². The van der Waals surface area contributed by atoms with Gasteiger partial charge in [0.05, 0.1) is 6.04 Å². The van der Waals surface area contributed by atoms with Gasteiger partial charge in [0.15, 0.2) is 5.78 Å². The van der Waals surface area contributed by atoms with Crippen molar-refractivity contribution < 1.29 is 24.3 Å². The van der Waals surface area contributed by atoms with Gasteiger partial charge < -0.3 is 25.6 Å². The lowest BCUT2D eigenvalue weighted by Crippen LogP contribution is -2.53. The molecule has 4 N–H and O–H groups in total. The molecule has 36 heavy (non-hydrogen) atoms. The number of aliphatic hydroxyl groups excluding tert-OH is 1. The second kappa shape index (κ2) is 10.3. The molecule has 1 aromatic heterocycles. The van der Waals surface area contributed by atoms with Crippen LogP contribution in [0.2, 0.25) is 0 Å². The van der Waals surface area contributed by atoms with Crippen molar-refractivity contribution in [1.82, 2.24) is 20.5 Å². The van der Waals surface area contributed by atoms with E-state index in [1.54, 1.807) is 16.7 Å². The zero-order valence-electron chi connectivity index (χ0n) is 20.3. The minimum atomic E-state index is -0.967. The Bertz CT molecular complexity index is 1200. The van der Waals surface area contributed by atoms with Gasteiger partial charge in [-0.05, 0) is 62.0 Å². The van der Waals surface area contributed by atoms with E-state index in [0.29, 0.717) is 25.2 Å². The number of amides is 3. The van der Waals surface area contributed by atoms with E-state index < -0.39 is 24.5 Å². The summed E-state index contributed by atoms with van der Waals surface area (Å²) < 4.78 is 0. The molecule has 1 unspecified atom stereocenters. The highest BCUT2D eigenvalue weighted by molar-refractivity contribution is 7.98. The number of fused-ring (bicyclic) bond motifs is 2. The molecule has 9 nitrogen and oxygen atoms in total. The Morgan fingerprint density at radius 1 is 1.25 bits per heavy atom. The fourth-order valence-corrected chi connectivity index (χ4v) is 6.82. The van der Waals surface area contributed by atoms with Crippen molar-refractivity contribution in [2.24, 2.45) is 17.8 Å². The minimum Gasteiger partial charge on any atom is -0.389 e. The van der Waals surface area contributed by atoms with Crippen LogP contribution in [-0.4, -0.2) is 76.5 Å². The van der Waals surface area contributed by atoms with Crippen molar-refractivity contribution >= 4 is 46.2 Å². The molecule has 0 bridgehead atoms. The zero-order chi connectivity index (χ0) is 25.4. The van der Waals surface area contributed by atoms with E-state index in [2.05, 4.69) is 15.6 Å². The first kappa shape index (κ1) is 24.8. The first-order chi connectivity index (χ1) is 17.4. The predicted molar refractivity (Wildman–Crippen MR) is 135 cm³/mol. The van der Waals surface area contributed by atoms with Crippen molar-refractivity contribution in [3.63, 3.8) is 0 Å². The number of rotatable bonds is 8. The quantitative estimate of drug-likeness (QED) is 0.398. The van der Waals surface area contributed by atoms with Crippen LogP contribution in [0, 0.1) is 17.8 Å². The molecule has 0 spiro atoms. The summed E-state index contributed by atoms with van der Waals surface area (Å²) in [5.41, 5.74) is 1.31. The number of hydrogen-bond donors (Lipinski definition) is 4. The Morgan fingerprint density at radius 3 is 2.81 bits per heavy atom. The van der Waals surface area contributed by atoms with E-state index in [-0.39, 0.29) is 41.9 Å². The standard InChI is InChI=1S/C26H32N4O5S/c1-36-22-7-3-6-18-17(22)11-20(28-18)26(35)30-12-15-4-2-5-16(15)23(30)25(34)29-19(21(32)13-31)10-14-8-9-27-24(14)33/h3,6-7,11,14-16,19,23,28,31H,2,4-5,8-10,12-13H2,1H3,(H,27,33)(H,29,34)/t14-,15-,16-,19?,23-/m0/s1. The average Bonchev–Trinajstić information content (AvgIpc) is 3.66. The van der Waals surface area contributed by atoms with Gasteiger partial charge in [0.1, 0.15) is 18.3 Å². The Kier molecular flexibility index (Phi) is 7.07. The van der Waals surface area contributed by atoms with Crippen LogP contribution in [0.1, 0.15) is 42.6 Å². The number of aromatic nitrogens is 1. The molecule has 3 fully saturated rings. The van der Waals surface area contributed by atoms with E-state index in [0.717, 1.165) is 35.1 Å². The molecule has 1 aliphatic carbocycles. The molecule has 3 heterocycles. The van der Waals surface area contributed by atoms with Crippen molar-refractivity contribution in [1.29, 1.82) is 0 Å². The molecular formula is C26H32N4O5S. The first-order valence-corrected chi connectivity index (χ1v) is 13.8. The maximum atomic E-state index is 13.7. The highest BCUT2D eigenvalue weighted by atomic mass is 32.2. The van der Waals surface area contributed by atoms with Gasteiger partial charge in [-0.2, -0.15) is 0 Å². The smallest absolute Gasteiger partial charge is 0.271 e. The summed E-state index contributed by atoms with van der Waals surface area (Å²) in [6.45, 7) is 0.316. The number of carbonyl (C=O) groups excluding carboxylic acids is 4. The largest absolute Gasteiger partial charge is 0.389 e. The van der Waals surface area contributed by atoms with Crippen LogP contribution in [0.15, 0.2) is 29.2 Å². The third kappa shape index (κ3) is 4.52. The summed E-state index contributed by atoms with van der Waals surface area (Å²) in [7, 11) is 0. The van der Waals surface area contributed by atoms with Crippen LogP contribution in [0.3, 0.4) is 0 Å². The van der Waals surface area contributed by atoms with E-state index in [1.807, 2.05) is 30.5 Å². The SMILES string of the molecule is CSc1cccc2[nH]c(C(=O)N3C[C@@H]4CCC[C@@H]4[C@H]3C(=O)NC(C[C@@H]3CCNC3=O)C(=O)CO)cc12. The van der Waals surface area contributed by atoms with Crippen LogP contribution < -0.4 is 10.6 Å². The molecular weight excluding hydrogens is 480 g/mol. The molecule has 2 saturated heterocycles. The summed E-state index contributed by atoms with van der Waals surface area (Å²) in [4.78, 5) is 57.9. The Morgan fingerprint density at radius 2 is 2.08 bits per heavy atom. The molecule has 0 radical (unpaired) electrons. The molecule has 10 heteroatoms. The third-order valence-electron chi connectivity index (χ3n) is 8.04. The van der Waals surface area contributed by atoms with Crippen molar-refractivity contribution in [2.75, 3.05) is 26.0 Å². The summed E-state index contributed by atoms with van der Waals surface area (Å²) in [6, 6.07) is 6.07. The normalized spacial score (nSPS) is 26.2. The molecule has 3 amide bonds. The van der Waals surface area contributed by atoms with E-state index >= 15 is 0 Å². The zero-order valence-corrected chi connectivity index (χ0v) is 21.1. The van der Waals surface area contributed by atoms with Gasteiger partial charge in [0.2, 0.25) is 11.8 Å². The fourth-order valence-electron chi connectivity index (χ4n) is 6.22. The number of nitrogens with one attached hydrogen (secondary N) is 3. The Balaban J connectivity index is 1.39. The topological polar surface area (TPSA) is 132 Å². The summed E-state index contributed by atoms with van der Waals surface area (Å²) >= 11 is 1.61. The molecule has 192 valence electrons. The van der Waals surface area contributed by atoms with Crippen LogP contribution >= 0.6 is 11.8 Å². The van der Waals surface area contributed by atoms with Gasteiger partial charge in [-0.15, -0.1) is 11.8 Å². The predicted octanol–water partition coefficient (Wildman–Crippen LogP) is 1.70. The second-order valence-electron chi connectivity index (χ2n) is 10.1. The number of Topliss-reactive ketones (excluding diaryl/α,β-unsaturated/α-hetero) is 1. The number of nitrogens with zero attached hydrogens (tertiary/aromatic N) is 1. The van der Waals surface area contributed by atoms with Gasteiger partial charge >= 0.3 is 0 Å². The van der Waals surface area contributed by atoms with E-state index in [4.69, 9.17) is 0 Å². The van der Waals surface area contributed by atoms with Crippen molar-refractivity contribution in [3.05, 3.63) is 30.0 Å². The van der Waals surface area contributed by atoms with E-state index in [9.17, 15) is 24.3 Å². The second-order valence-corrected chi connectivity index (χ2v) is 10.9. The molecule has 5 atom stereocenters. The lowest BCUT2D eigenvalue weighted by Gasteiger charge is -2.29. The summed E-state index contributed by atoms with van der Waals surface area (Å²) in [6.07, 6.45) is 5.53. The molecule has 3 aliphatic rings. The fraction of sp³-hybridized carbons (Fsp3) is 0.538. The lowest BCUT2D eigenvalue weighted by molar-refractivity contribution is -0.133. The number of carbonyl (C=O) groups is 4. The van der Waals surface area contributed by atoms with Crippen molar-refractivity contribution in [3.8, 4) is 0 Å². The molecule has 2 aliphatic heterocycles. The average molecular weight is 513 g/mol. The van der Waals surface area contributed by atoms with Crippen LogP contribution in [0.5, 0.6) is 0 Å². The number of benzene rings is 1. The first-order valence-electron chi connectivity index (χ1n) is 12.6. The molecule has 5 rings (SSSR count). The number of hydrogen-bond acceptors (Lipinski definition) is 6. The minimum absolute atomic E-state index is 0.0275. The van der Waals surface area contributed by atoms with Gasteiger partial charge in [0, 0.05) is 34.8 Å². The van der Waals surface area contributed by atoms with Crippen molar-refractivity contribution in [2.45, 2.75) is 49.1 Å². The van der Waals surface area contributed by atoms with E-state index in [1.165, 1.54) is 0 Å². The van der Waals surface area contributed by atoms with Gasteiger partial charge in [-0.3, -0.25) is 19.2 Å². The Labute approximate surface area is 213 Å². The highest BCUT2D eigenvalue weighted by Gasteiger charge is 2.50. The maximum absolute atomic E-state index is 13.7. The monoisotopic (exact) mass is 512 g/mol. The number of aliphatic hydroxyl groups is 1. The number of ketones is 1. The molecule has 2 aromatic rings. The third-order valence-corrected chi connectivity index (χ3v) is 8.83. The lowest BCUT2D eigenvalue weighted by atomic mass is 9.92. The number of H-pyrrole nitrogens is 1.